The van der Waals surface area contributed by atoms with Gasteiger partial charge in [0.05, 0.1) is 10.9 Å². The number of nitrogens with zero attached hydrogens (tertiary/aromatic N) is 4. The molecule has 1 amide bonds. The molecule has 0 aliphatic rings. The van der Waals surface area contributed by atoms with Gasteiger partial charge in [-0.05, 0) is 19.1 Å². The van der Waals surface area contributed by atoms with E-state index < -0.39 is 0 Å². The maximum atomic E-state index is 12.2. The second-order valence-electron chi connectivity index (χ2n) is 4.15. The van der Waals surface area contributed by atoms with Crippen molar-refractivity contribution in [3.63, 3.8) is 0 Å². The molecule has 0 aromatic carbocycles. The Morgan fingerprint density at radius 1 is 1.67 bits per heavy atom. The number of amides is 1. The fourth-order valence-electron chi connectivity index (χ4n) is 1.53. The molecule has 0 radical (unpaired) electrons. The molecule has 0 aliphatic carbocycles. The fraction of sp³-hybridized carbons (Fsp3) is 0.231. The summed E-state index contributed by atoms with van der Waals surface area (Å²) >= 11 is 7.23. The van der Waals surface area contributed by atoms with Crippen molar-refractivity contribution in [1.29, 1.82) is 0 Å². The molecule has 21 heavy (non-hydrogen) atoms. The molecule has 2 heterocycles. The van der Waals surface area contributed by atoms with Crippen molar-refractivity contribution in [3.05, 3.63) is 42.5 Å². The van der Waals surface area contributed by atoms with Crippen LogP contribution in [0, 0.1) is 0 Å². The van der Waals surface area contributed by atoms with Crippen LogP contribution in [-0.2, 0) is 11.3 Å². The lowest BCUT2D eigenvalue weighted by Gasteiger charge is -2.12. The van der Waals surface area contributed by atoms with E-state index >= 15 is 0 Å². The zero-order valence-corrected chi connectivity index (χ0v) is 12.9. The van der Waals surface area contributed by atoms with Crippen molar-refractivity contribution in [2.45, 2.75) is 23.9 Å². The van der Waals surface area contributed by atoms with Crippen LogP contribution in [0.5, 0.6) is 0 Å². The summed E-state index contributed by atoms with van der Waals surface area (Å²) in [6.45, 7) is 6.05. The first-order valence-corrected chi connectivity index (χ1v) is 7.44. The highest BCUT2D eigenvalue weighted by Crippen LogP contribution is 2.23. The predicted molar refractivity (Wildman–Crippen MR) is 83.4 cm³/mol. The molecule has 0 saturated heterocycles. The smallest absolute Gasteiger partial charge is 0.237 e. The van der Waals surface area contributed by atoms with Crippen LogP contribution in [0.25, 0.3) is 0 Å². The van der Waals surface area contributed by atoms with Gasteiger partial charge < -0.3 is 9.88 Å². The van der Waals surface area contributed by atoms with Gasteiger partial charge in [-0.3, -0.25) is 4.79 Å². The van der Waals surface area contributed by atoms with E-state index in [1.54, 1.807) is 37.7 Å². The molecule has 110 valence electrons. The average Bonchev–Trinajstić information content (AvgIpc) is 2.89. The minimum atomic E-state index is -0.353. The van der Waals surface area contributed by atoms with Crippen molar-refractivity contribution in [1.82, 2.24) is 19.7 Å². The number of rotatable bonds is 6. The number of hydrogen-bond donors (Lipinski definition) is 1. The minimum absolute atomic E-state index is 0.178. The largest absolute Gasteiger partial charge is 0.322 e. The van der Waals surface area contributed by atoms with E-state index in [-0.39, 0.29) is 16.3 Å². The molecule has 6 nitrogen and oxygen atoms in total. The maximum Gasteiger partial charge on any atom is 0.237 e. The predicted octanol–water partition coefficient (Wildman–Crippen LogP) is 2.63. The summed E-state index contributed by atoms with van der Waals surface area (Å²) in [5.74, 6) is -0.178. The van der Waals surface area contributed by atoms with Crippen molar-refractivity contribution in [3.8, 4) is 0 Å². The third kappa shape index (κ3) is 4.05. The van der Waals surface area contributed by atoms with Crippen LogP contribution < -0.4 is 5.32 Å². The van der Waals surface area contributed by atoms with Gasteiger partial charge in [-0.25, -0.2) is 4.98 Å². The Labute approximate surface area is 131 Å². The zero-order valence-electron chi connectivity index (χ0n) is 11.4. The molecular weight excluding hydrogens is 310 g/mol. The van der Waals surface area contributed by atoms with Gasteiger partial charge in [0.25, 0.3) is 0 Å². The lowest BCUT2D eigenvalue weighted by atomic mass is 10.4. The second-order valence-corrected chi connectivity index (χ2v) is 5.81. The van der Waals surface area contributed by atoms with Crippen LogP contribution in [-0.4, -0.2) is 30.9 Å². The van der Waals surface area contributed by atoms with Gasteiger partial charge in [0.2, 0.25) is 5.91 Å². The minimum Gasteiger partial charge on any atom is -0.322 e. The summed E-state index contributed by atoms with van der Waals surface area (Å²) in [6.07, 6.45) is 4.91. The van der Waals surface area contributed by atoms with Crippen LogP contribution in [0.1, 0.15) is 6.92 Å². The monoisotopic (exact) mass is 323 g/mol. The van der Waals surface area contributed by atoms with Gasteiger partial charge in [-0.2, -0.15) is 0 Å². The quantitative estimate of drug-likeness (QED) is 0.502. The van der Waals surface area contributed by atoms with E-state index in [1.807, 2.05) is 4.57 Å². The molecule has 0 spiro atoms. The topological polar surface area (TPSA) is 72.7 Å². The summed E-state index contributed by atoms with van der Waals surface area (Å²) in [5.41, 5.74) is 0.490. The fourth-order valence-corrected chi connectivity index (χ4v) is 2.53. The zero-order chi connectivity index (χ0) is 15.2. The molecule has 2 aromatic heterocycles. The van der Waals surface area contributed by atoms with Gasteiger partial charge in [0, 0.05) is 12.7 Å². The normalized spacial score (nSPS) is 11.9. The Balaban J connectivity index is 2.01. The Bertz CT molecular complexity index is 645. The molecule has 0 unspecified atom stereocenters. The molecule has 0 fully saturated rings. The molecule has 2 aromatic rings. The second kappa shape index (κ2) is 7.24. The number of pyridine rings is 1. The number of carbonyl (C=O) groups is 1. The van der Waals surface area contributed by atoms with E-state index in [2.05, 4.69) is 27.1 Å². The van der Waals surface area contributed by atoms with Crippen LogP contribution in [0.4, 0.5) is 5.69 Å². The Morgan fingerprint density at radius 2 is 2.48 bits per heavy atom. The number of thioether (sulfide) groups is 1. The maximum absolute atomic E-state index is 12.2. The number of halogens is 1. The number of aromatic nitrogens is 4. The van der Waals surface area contributed by atoms with Crippen LogP contribution >= 0.6 is 23.4 Å². The van der Waals surface area contributed by atoms with Gasteiger partial charge in [-0.15, -0.1) is 16.8 Å². The Morgan fingerprint density at radius 3 is 3.19 bits per heavy atom. The third-order valence-corrected chi connectivity index (χ3v) is 3.97. The number of nitrogens with one attached hydrogen (secondary N) is 1. The van der Waals surface area contributed by atoms with E-state index in [0.717, 1.165) is 0 Å². The number of hydrogen-bond acceptors (Lipinski definition) is 5. The summed E-state index contributed by atoms with van der Waals surface area (Å²) in [5, 5.41) is 11.1. The van der Waals surface area contributed by atoms with E-state index in [4.69, 9.17) is 11.6 Å². The average molecular weight is 324 g/mol. The van der Waals surface area contributed by atoms with Gasteiger partial charge in [-0.1, -0.05) is 29.4 Å². The number of anilines is 1. The summed E-state index contributed by atoms with van der Waals surface area (Å²) in [4.78, 5) is 16.1. The third-order valence-electron chi connectivity index (χ3n) is 2.57. The lowest BCUT2D eigenvalue weighted by molar-refractivity contribution is -0.115. The molecular formula is C13H14ClN5OS. The Hall–Kier alpha value is -1.86. The summed E-state index contributed by atoms with van der Waals surface area (Å²) < 4.78 is 1.82. The lowest BCUT2D eigenvalue weighted by Crippen LogP contribution is -2.23. The molecule has 1 atom stereocenters. The van der Waals surface area contributed by atoms with Crippen LogP contribution in [0.2, 0.25) is 5.15 Å². The van der Waals surface area contributed by atoms with Crippen molar-refractivity contribution >= 4 is 35.0 Å². The first kappa shape index (κ1) is 15.5. The van der Waals surface area contributed by atoms with Crippen molar-refractivity contribution in [2.24, 2.45) is 0 Å². The summed E-state index contributed by atoms with van der Waals surface area (Å²) in [6, 6.07) is 3.41. The summed E-state index contributed by atoms with van der Waals surface area (Å²) in [7, 11) is 0. The van der Waals surface area contributed by atoms with E-state index in [0.29, 0.717) is 17.4 Å². The first-order chi connectivity index (χ1) is 10.1. The van der Waals surface area contributed by atoms with Crippen molar-refractivity contribution in [2.75, 3.05) is 5.32 Å². The van der Waals surface area contributed by atoms with Gasteiger partial charge >= 0.3 is 0 Å². The molecule has 8 heteroatoms. The molecule has 0 saturated carbocycles. The van der Waals surface area contributed by atoms with Crippen LogP contribution in [0.3, 0.4) is 0 Å². The standard InChI is InChI=1S/C13H14ClN5OS/c1-3-7-19-8-16-18-13(19)21-9(2)12(20)17-10-5-4-6-15-11(10)14/h3-6,8-9H,1,7H2,2H3,(H,17,20)/t9-/m0/s1. The first-order valence-electron chi connectivity index (χ1n) is 6.18. The van der Waals surface area contributed by atoms with Crippen molar-refractivity contribution < 1.29 is 4.79 Å². The van der Waals surface area contributed by atoms with E-state index in [1.165, 1.54) is 11.8 Å². The molecule has 2 rings (SSSR count). The highest BCUT2D eigenvalue weighted by molar-refractivity contribution is 8.00. The van der Waals surface area contributed by atoms with Gasteiger partial charge in [0.1, 0.15) is 6.33 Å². The number of carbonyl (C=O) groups excluding carboxylic acids is 1. The molecule has 1 N–H and O–H groups in total. The highest BCUT2D eigenvalue weighted by atomic mass is 35.5. The van der Waals surface area contributed by atoms with Gasteiger partial charge in [0.15, 0.2) is 10.3 Å². The van der Waals surface area contributed by atoms with Crippen LogP contribution in [0.15, 0.2) is 42.5 Å². The SMILES string of the molecule is C=CCn1cnnc1S[C@@H](C)C(=O)Nc1cccnc1Cl. The highest BCUT2D eigenvalue weighted by Gasteiger charge is 2.18. The Kier molecular flexibility index (Phi) is 5.35. The molecule has 0 aliphatic heterocycles. The number of allylic oxidation sites excluding steroid dienone is 1. The molecule has 0 bridgehead atoms. The van der Waals surface area contributed by atoms with E-state index in [9.17, 15) is 4.79 Å².